The molecule has 0 aliphatic carbocycles. The van der Waals surface area contributed by atoms with Crippen molar-refractivity contribution < 1.29 is 79.9 Å². The molecule has 0 amide bonds. The van der Waals surface area contributed by atoms with Gasteiger partial charge in [0.2, 0.25) is 5.79 Å². The van der Waals surface area contributed by atoms with Crippen LogP contribution in [-0.4, -0.2) is 168 Å². The first-order valence-electron chi connectivity index (χ1n) is 10.6. The normalized spacial score (nSPS) is 52.1. The van der Waals surface area contributed by atoms with Gasteiger partial charge in [-0.25, -0.2) is 0 Å². The third-order valence-corrected chi connectivity index (χ3v) is 6.19. The van der Waals surface area contributed by atoms with Gasteiger partial charge in [-0.05, 0) is 0 Å². The van der Waals surface area contributed by atoms with Gasteiger partial charge in [0.15, 0.2) is 12.6 Å². The Balaban J connectivity index is 1.87. The van der Waals surface area contributed by atoms with Crippen molar-refractivity contribution in [2.45, 2.75) is 85.5 Å². The van der Waals surface area contributed by atoms with E-state index in [-0.39, 0.29) is 0 Å². The molecule has 0 aromatic carbocycles. The van der Waals surface area contributed by atoms with Crippen LogP contribution in [0, 0.1) is 0 Å². The van der Waals surface area contributed by atoms with Crippen molar-refractivity contribution in [3.05, 3.63) is 0 Å². The van der Waals surface area contributed by atoms with Crippen LogP contribution < -0.4 is 0 Å². The zero-order valence-corrected chi connectivity index (χ0v) is 17.8. The number of ether oxygens (including phenoxy) is 5. The Morgan fingerprint density at radius 3 is 1.62 bits per heavy atom. The Bertz CT molecular complexity index is 653. The first kappa shape index (κ1) is 27.9. The lowest BCUT2D eigenvalue weighted by molar-refractivity contribution is -0.408. The quantitative estimate of drug-likeness (QED) is 0.146. The minimum absolute atomic E-state index is 0.764. The van der Waals surface area contributed by atoms with Crippen molar-refractivity contribution in [1.82, 2.24) is 0 Å². The summed E-state index contributed by atoms with van der Waals surface area (Å²) in [6, 6.07) is 0. The molecule has 0 bridgehead atoms. The van der Waals surface area contributed by atoms with Crippen LogP contribution in [0.5, 0.6) is 0 Å². The minimum Gasteiger partial charge on any atom is -0.394 e. The van der Waals surface area contributed by atoms with Gasteiger partial charge in [-0.15, -0.1) is 0 Å². The highest BCUT2D eigenvalue weighted by Gasteiger charge is 2.59. The van der Waals surface area contributed by atoms with Gasteiger partial charge < -0.3 is 79.9 Å². The number of aliphatic hydroxyl groups excluding tert-OH is 11. The highest BCUT2D eigenvalue weighted by atomic mass is 16.8. The molecule has 0 aromatic heterocycles. The Hall–Kier alpha value is -0.640. The Kier molecular flexibility index (Phi) is 9.18. The molecule has 14 atom stereocenters. The lowest BCUT2D eigenvalue weighted by Gasteiger charge is -2.47. The van der Waals surface area contributed by atoms with Gasteiger partial charge in [0.25, 0.3) is 0 Å². The molecule has 0 unspecified atom stereocenters. The topological polar surface area (TPSA) is 269 Å². The van der Waals surface area contributed by atoms with Gasteiger partial charge in [0.05, 0.1) is 19.8 Å². The number of hydrogen-bond donors (Lipinski definition) is 11. The summed E-state index contributed by atoms with van der Waals surface area (Å²) in [6.45, 7) is -3.45. The Morgan fingerprint density at radius 1 is 0.588 bits per heavy atom. The summed E-state index contributed by atoms with van der Waals surface area (Å²) in [5.41, 5.74) is 0. The predicted molar refractivity (Wildman–Crippen MR) is 101 cm³/mol. The van der Waals surface area contributed by atoms with Gasteiger partial charge in [-0.1, -0.05) is 0 Å². The van der Waals surface area contributed by atoms with Gasteiger partial charge in [0.1, 0.15) is 73.8 Å². The van der Waals surface area contributed by atoms with Crippen LogP contribution >= 0.6 is 0 Å². The van der Waals surface area contributed by atoms with Crippen molar-refractivity contribution in [3.63, 3.8) is 0 Å². The van der Waals surface area contributed by atoms with Crippen LogP contribution in [0.15, 0.2) is 0 Å². The summed E-state index contributed by atoms with van der Waals surface area (Å²) in [5.74, 6) is -2.41. The summed E-state index contributed by atoms with van der Waals surface area (Å²) in [5, 5.41) is 109. The lowest BCUT2D eigenvalue weighted by atomic mass is 9.97. The van der Waals surface area contributed by atoms with Crippen LogP contribution in [-0.2, 0) is 23.7 Å². The number of aliphatic hydroxyl groups is 11. The molecular formula is C18H32O16. The van der Waals surface area contributed by atoms with E-state index < -0.39 is 112 Å². The molecule has 3 rings (SSSR count). The molecule has 34 heavy (non-hydrogen) atoms. The molecule has 3 aliphatic rings. The summed E-state index contributed by atoms with van der Waals surface area (Å²) < 4.78 is 26.9. The average Bonchev–Trinajstić information content (AvgIpc) is 3.08. The molecule has 16 nitrogen and oxygen atoms in total. The highest BCUT2D eigenvalue weighted by molar-refractivity contribution is 4.99. The van der Waals surface area contributed by atoms with E-state index in [1.165, 1.54) is 0 Å². The van der Waals surface area contributed by atoms with Crippen LogP contribution in [0.25, 0.3) is 0 Å². The van der Waals surface area contributed by atoms with Gasteiger partial charge >= 0.3 is 0 Å². The smallest absolute Gasteiger partial charge is 0.224 e. The van der Waals surface area contributed by atoms with Crippen LogP contribution in [0.4, 0.5) is 0 Å². The fourth-order valence-electron chi connectivity index (χ4n) is 4.10. The zero-order valence-electron chi connectivity index (χ0n) is 17.8. The molecule has 3 saturated heterocycles. The van der Waals surface area contributed by atoms with Gasteiger partial charge in [0, 0.05) is 0 Å². The fraction of sp³-hybridized carbons (Fsp3) is 1.00. The third-order valence-electron chi connectivity index (χ3n) is 6.19. The second kappa shape index (κ2) is 11.2. The molecule has 16 heteroatoms. The molecule has 3 fully saturated rings. The van der Waals surface area contributed by atoms with E-state index in [4.69, 9.17) is 23.7 Å². The average molecular weight is 504 g/mol. The summed E-state index contributed by atoms with van der Waals surface area (Å²) >= 11 is 0. The molecule has 0 saturated carbocycles. The van der Waals surface area contributed by atoms with Crippen LogP contribution in [0.1, 0.15) is 0 Å². The van der Waals surface area contributed by atoms with Crippen molar-refractivity contribution in [3.8, 4) is 0 Å². The molecule has 0 aromatic rings. The van der Waals surface area contributed by atoms with Crippen LogP contribution in [0.3, 0.4) is 0 Å². The third kappa shape index (κ3) is 4.96. The lowest BCUT2D eigenvalue weighted by Crippen LogP contribution is -2.66. The SMILES string of the molecule is OC[C@@H]1O[C@H](O[C@@H]2[C@@H](O[C@@]3(CO)O[C@H](CO)[C@@H](O)[C@@H]3O)O[C@@H](CO)[C@H](O)[C@H]2O)[C@@H](O)[C@H](O)[C@H]1O. The molecule has 200 valence electrons. The first-order valence-corrected chi connectivity index (χ1v) is 10.6. The predicted octanol–water partition coefficient (Wildman–Crippen LogP) is -7.57. The Labute approximate surface area is 192 Å². The fourth-order valence-corrected chi connectivity index (χ4v) is 4.10. The van der Waals surface area contributed by atoms with E-state index in [1.807, 2.05) is 0 Å². The summed E-state index contributed by atoms with van der Waals surface area (Å²) in [4.78, 5) is 0. The van der Waals surface area contributed by atoms with Crippen LogP contribution in [0.2, 0.25) is 0 Å². The Morgan fingerprint density at radius 2 is 1.12 bits per heavy atom. The molecule has 3 aliphatic heterocycles. The van der Waals surface area contributed by atoms with E-state index in [2.05, 4.69) is 0 Å². The van der Waals surface area contributed by atoms with E-state index in [9.17, 15) is 56.2 Å². The molecular weight excluding hydrogens is 472 g/mol. The molecule has 0 spiro atoms. The maximum atomic E-state index is 10.6. The summed E-state index contributed by atoms with van der Waals surface area (Å²) in [6.07, 6.45) is -22.4. The van der Waals surface area contributed by atoms with Gasteiger partial charge in [-0.3, -0.25) is 0 Å². The standard InChI is InChI=1S/C18H32O16/c19-1-5-8(23)11(26)13(28)16(30-5)32-14-12(27)9(24)6(2-20)31-17(14)34-18(4-22)15(29)10(25)7(3-21)33-18/h5-17,19-29H,1-4H2/t5-,6-,7+,8-,9-,10+,11+,12+,13-,14-,15-,16+,17+,18+/m0/s1. The minimum atomic E-state index is -2.41. The zero-order chi connectivity index (χ0) is 25.4. The maximum absolute atomic E-state index is 10.6. The van der Waals surface area contributed by atoms with E-state index in [0.29, 0.717) is 0 Å². The highest BCUT2D eigenvalue weighted by Crippen LogP contribution is 2.37. The van der Waals surface area contributed by atoms with E-state index in [0.717, 1.165) is 0 Å². The largest absolute Gasteiger partial charge is 0.394 e. The van der Waals surface area contributed by atoms with E-state index in [1.54, 1.807) is 0 Å². The van der Waals surface area contributed by atoms with Crippen molar-refractivity contribution in [2.24, 2.45) is 0 Å². The van der Waals surface area contributed by atoms with Crippen molar-refractivity contribution >= 4 is 0 Å². The molecule has 3 heterocycles. The van der Waals surface area contributed by atoms with Gasteiger partial charge in [-0.2, -0.15) is 0 Å². The second-order valence-corrected chi connectivity index (χ2v) is 8.37. The molecule has 11 N–H and O–H groups in total. The van der Waals surface area contributed by atoms with Crippen molar-refractivity contribution in [1.29, 1.82) is 0 Å². The number of rotatable bonds is 8. The molecule has 0 radical (unpaired) electrons. The maximum Gasteiger partial charge on any atom is 0.224 e. The van der Waals surface area contributed by atoms with E-state index >= 15 is 0 Å². The second-order valence-electron chi connectivity index (χ2n) is 8.37. The van der Waals surface area contributed by atoms with Crippen molar-refractivity contribution in [2.75, 3.05) is 26.4 Å². The summed E-state index contributed by atoms with van der Waals surface area (Å²) in [7, 11) is 0. The monoisotopic (exact) mass is 504 g/mol. The number of hydrogen-bond acceptors (Lipinski definition) is 16. The first-order chi connectivity index (χ1) is 16.0.